The second kappa shape index (κ2) is 10.1. The molecule has 0 aromatic heterocycles. The number of para-hydroxylation sites is 1. The lowest BCUT2D eigenvalue weighted by Crippen LogP contribution is -2.38. The first-order valence-electron chi connectivity index (χ1n) is 9.34. The van der Waals surface area contributed by atoms with E-state index in [1.165, 1.54) is 19.1 Å². The molecule has 1 amide bonds. The van der Waals surface area contributed by atoms with Crippen molar-refractivity contribution in [2.75, 3.05) is 11.0 Å². The number of carbonyl (C=O) groups is 2. The van der Waals surface area contributed by atoms with Gasteiger partial charge in [0.25, 0.3) is 5.91 Å². The van der Waals surface area contributed by atoms with E-state index in [2.05, 4.69) is 10.0 Å². The van der Waals surface area contributed by atoms with Gasteiger partial charge in [-0.2, -0.15) is 0 Å². The molecule has 0 aliphatic carbocycles. The summed E-state index contributed by atoms with van der Waals surface area (Å²) in [5, 5.41) is 2.92. The highest BCUT2D eigenvalue weighted by Gasteiger charge is 2.24. The maximum absolute atomic E-state index is 12.6. The summed E-state index contributed by atoms with van der Waals surface area (Å²) in [6, 6.07) is 15.5. The fraction of sp³-hybridized carbons (Fsp3) is 0.333. The van der Waals surface area contributed by atoms with Crippen molar-refractivity contribution in [2.45, 2.75) is 38.8 Å². The number of anilines is 1. The molecule has 2 aromatic carbocycles. The van der Waals surface area contributed by atoms with Gasteiger partial charge >= 0.3 is 5.97 Å². The molecule has 2 unspecified atom stereocenters. The lowest BCUT2D eigenvalue weighted by atomic mass is 10.0. The molecule has 29 heavy (non-hydrogen) atoms. The zero-order chi connectivity index (χ0) is 21.4. The van der Waals surface area contributed by atoms with Crippen LogP contribution in [0.4, 0.5) is 5.69 Å². The Balaban J connectivity index is 2.08. The number of ether oxygens (including phenoxy) is 1. The van der Waals surface area contributed by atoms with E-state index in [4.69, 9.17) is 4.74 Å². The Morgan fingerprint density at radius 2 is 1.66 bits per heavy atom. The highest BCUT2D eigenvalue weighted by atomic mass is 32.2. The van der Waals surface area contributed by atoms with Crippen molar-refractivity contribution < 1.29 is 22.7 Å². The lowest BCUT2D eigenvalue weighted by Gasteiger charge is -2.21. The van der Waals surface area contributed by atoms with Crippen LogP contribution in [-0.2, 0) is 19.6 Å². The molecule has 2 atom stereocenters. The van der Waals surface area contributed by atoms with Crippen molar-refractivity contribution in [3.05, 3.63) is 65.7 Å². The Labute approximate surface area is 171 Å². The molecule has 7 nitrogen and oxygen atoms in total. The fourth-order valence-corrected chi connectivity index (χ4v) is 3.39. The van der Waals surface area contributed by atoms with Crippen molar-refractivity contribution in [1.29, 1.82) is 0 Å². The molecular weight excluding hydrogens is 392 g/mol. The van der Waals surface area contributed by atoms with Crippen LogP contribution in [0.2, 0.25) is 0 Å². The fourth-order valence-electron chi connectivity index (χ4n) is 2.81. The first kappa shape index (κ1) is 22.4. The SMILES string of the molecule is CCCC(NC(=O)C(C)OC(=O)c1ccccc1NS(C)(=O)=O)c1ccccc1. The maximum Gasteiger partial charge on any atom is 0.341 e. The van der Waals surface area contributed by atoms with E-state index in [-0.39, 0.29) is 17.3 Å². The zero-order valence-electron chi connectivity index (χ0n) is 16.7. The summed E-state index contributed by atoms with van der Waals surface area (Å²) >= 11 is 0. The lowest BCUT2D eigenvalue weighted by molar-refractivity contribution is -0.129. The minimum atomic E-state index is -3.57. The molecular formula is C21H26N2O5S. The van der Waals surface area contributed by atoms with Crippen LogP contribution in [0.5, 0.6) is 0 Å². The van der Waals surface area contributed by atoms with Gasteiger partial charge in [0, 0.05) is 0 Å². The summed E-state index contributed by atoms with van der Waals surface area (Å²) < 4.78 is 30.5. The van der Waals surface area contributed by atoms with E-state index in [0.29, 0.717) is 0 Å². The van der Waals surface area contributed by atoms with Gasteiger partial charge in [0.15, 0.2) is 6.10 Å². The third kappa shape index (κ3) is 6.90. The van der Waals surface area contributed by atoms with Crippen LogP contribution < -0.4 is 10.0 Å². The van der Waals surface area contributed by atoms with E-state index in [0.717, 1.165) is 24.7 Å². The number of hydrogen-bond acceptors (Lipinski definition) is 5. The number of rotatable bonds is 9. The van der Waals surface area contributed by atoms with E-state index >= 15 is 0 Å². The average molecular weight is 419 g/mol. The third-order valence-corrected chi connectivity index (χ3v) is 4.78. The maximum atomic E-state index is 12.6. The van der Waals surface area contributed by atoms with Crippen LogP contribution in [-0.4, -0.2) is 32.7 Å². The topological polar surface area (TPSA) is 102 Å². The number of amides is 1. The largest absolute Gasteiger partial charge is 0.449 e. The van der Waals surface area contributed by atoms with Crippen LogP contribution in [0, 0.1) is 0 Å². The van der Waals surface area contributed by atoms with Crippen LogP contribution in [0.25, 0.3) is 0 Å². The van der Waals surface area contributed by atoms with Crippen LogP contribution in [0.15, 0.2) is 54.6 Å². The predicted molar refractivity (Wildman–Crippen MR) is 112 cm³/mol. The Hall–Kier alpha value is -2.87. The van der Waals surface area contributed by atoms with Gasteiger partial charge in [-0.15, -0.1) is 0 Å². The molecule has 156 valence electrons. The first-order valence-corrected chi connectivity index (χ1v) is 11.2. The van der Waals surface area contributed by atoms with Crippen molar-refractivity contribution in [2.24, 2.45) is 0 Å². The normalized spacial score (nSPS) is 13.2. The number of hydrogen-bond donors (Lipinski definition) is 2. The molecule has 2 N–H and O–H groups in total. The number of benzene rings is 2. The summed E-state index contributed by atoms with van der Waals surface area (Å²) in [5.74, 6) is -1.21. The molecule has 0 spiro atoms. The summed E-state index contributed by atoms with van der Waals surface area (Å²) in [6.07, 6.45) is 1.57. The van der Waals surface area contributed by atoms with Crippen LogP contribution in [0.1, 0.15) is 48.7 Å². The van der Waals surface area contributed by atoms with Crippen molar-refractivity contribution >= 4 is 27.6 Å². The average Bonchev–Trinajstić information content (AvgIpc) is 2.67. The smallest absolute Gasteiger partial charge is 0.341 e. The predicted octanol–water partition coefficient (Wildman–Crippen LogP) is 3.26. The highest BCUT2D eigenvalue weighted by Crippen LogP contribution is 2.20. The van der Waals surface area contributed by atoms with Gasteiger partial charge in [-0.05, 0) is 31.0 Å². The van der Waals surface area contributed by atoms with Gasteiger partial charge in [0.1, 0.15) is 0 Å². The van der Waals surface area contributed by atoms with Gasteiger partial charge in [0.2, 0.25) is 10.0 Å². The van der Waals surface area contributed by atoms with Crippen molar-refractivity contribution in [1.82, 2.24) is 5.32 Å². The number of nitrogens with one attached hydrogen (secondary N) is 2. The van der Waals surface area contributed by atoms with Crippen molar-refractivity contribution in [3.8, 4) is 0 Å². The van der Waals surface area contributed by atoms with Crippen LogP contribution in [0.3, 0.4) is 0 Å². The number of esters is 1. The molecule has 0 saturated carbocycles. The third-order valence-electron chi connectivity index (χ3n) is 4.19. The minimum Gasteiger partial charge on any atom is -0.449 e. The number of carbonyl (C=O) groups excluding carboxylic acids is 2. The second-order valence-corrected chi connectivity index (χ2v) is 8.48. The van der Waals surface area contributed by atoms with Gasteiger partial charge in [-0.1, -0.05) is 55.8 Å². The van der Waals surface area contributed by atoms with E-state index < -0.39 is 28.0 Å². The van der Waals surface area contributed by atoms with E-state index in [1.807, 2.05) is 37.3 Å². The Morgan fingerprint density at radius 3 is 2.28 bits per heavy atom. The zero-order valence-corrected chi connectivity index (χ0v) is 17.5. The monoisotopic (exact) mass is 418 g/mol. The summed E-state index contributed by atoms with van der Waals surface area (Å²) in [4.78, 5) is 25.1. The molecule has 0 bridgehead atoms. The number of sulfonamides is 1. The molecule has 0 aliphatic heterocycles. The molecule has 0 saturated heterocycles. The molecule has 8 heteroatoms. The molecule has 2 aromatic rings. The van der Waals surface area contributed by atoms with Gasteiger partial charge < -0.3 is 10.1 Å². The van der Waals surface area contributed by atoms with Gasteiger partial charge in [0.05, 0.1) is 23.5 Å². The summed E-state index contributed by atoms with van der Waals surface area (Å²) in [5.41, 5.74) is 1.11. The van der Waals surface area contributed by atoms with Crippen molar-refractivity contribution in [3.63, 3.8) is 0 Å². The standard InChI is InChI=1S/C21H26N2O5S/c1-4-10-18(16-11-6-5-7-12-16)22-20(24)15(2)28-21(25)17-13-8-9-14-19(17)23-29(3,26)27/h5-9,11-15,18,23H,4,10H2,1-3H3,(H,22,24). The Morgan fingerprint density at radius 1 is 1.03 bits per heavy atom. The molecule has 0 radical (unpaired) electrons. The molecule has 0 aliphatic rings. The summed E-state index contributed by atoms with van der Waals surface area (Å²) in [7, 11) is -3.57. The molecule has 0 fully saturated rings. The first-order chi connectivity index (χ1) is 13.7. The molecule has 2 rings (SSSR count). The molecule has 0 heterocycles. The highest BCUT2D eigenvalue weighted by molar-refractivity contribution is 7.92. The quantitative estimate of drug-likeness (QED) is 0.609. The van der Waals surface area contributed by atoms with Gasteiger partial charge in [-0.3, -0.25) is 9.52 Å². The van der Waals surface area contributed by atoms with Gasteiger partial charge in [-0.25, -0.2) is 13.2 Å². The Bertz CT molecular complexity index is 945. The second-order valence-electron chi connectivity index (χ2n) is 6.73. The summed E-state index contributed by atoms with van der Waals surface area (Å²) in [6.45, 7) is 3.51. The van der Waals surface area contributed by atoms with E-state index in [1.54, 1.807) is 12.1 Å². The van der Waals surface area contributed by atoms with E-state index in [9.17, 15) is 18.0 Å². The Kier molecular flexibility index (Phi) is 7.78. The van der Waals surface area contributed by atoms with Crippen LogP contribution >= 0.6 is 0 Å². The minimum absolute atomic E-state index is 0.0331.